The zero-order valence-electron chi connectivity index (χ0n) is 14.2. The molecule has 0 aliphatic carbocycles. The molecule has 1 saturated heterocycles. The van der Waals surface area contributed by atoms with Crippen LogP contribution in [0.1, 0.15) is 17.5 Å². The van der Waals surface area contributed by atoms with Crippen LogP contribution in [0.15, 0.2) is 54.6 Å². The van der Waals surface area contributed by atoms with Gasteiger partial charge in [0.25, 0.3) is 0 Å². The Balaban J connectivity index is 1.57. The molecule has 0 bridgehead atoms. The molecule has 1 aliphatic heterocycles. The number of aryl methyl sites for hydroxylation is 1. The topological polar surface area (TPSA) is 61.4 Å². The van der Waals surface area contributed by atoms with E-state index in [9.17, 15) is 9.59 Å². The van der Waals surface area contributed by atoms with E-state index >= 15 is 0 Å². The molecule has 2 aromatic carbocycles. The van der Waals surface area contributed by atoms with Crippen molar-refractivity contribution in [2.45, 2.75) is 13.3 Å². The molecule has 5 heteroatoms. The van der Waals surface area contributed by atoms with Crippen molar-refractivity contribution in [1.29, 1.82) is 0 Å². The summed E-state index contributed by atoms with van der Waals surface area (Å²) in [5, 5.41) is 5.63. The number of benzene rings is 2. The normalized spacial score (nSPS) is 14.0. The largest absolute Gasteiger partial charge is 0.336 e. The summed E-state index contributed by atoms with van der Waals surface area (Å²) in [7, 11) is 0. The zero-order chi connectivity index (χ0) is 17.6. The molecule has 2 aromatic rings. The van der Waals surface area contributed by atoms with Crippen LogP contribution in [0.4, 0.5) is 16.2 Å². The minimum Gasteiger partial charge on any atom is -0.336 e. The lowest BCUT2D eigenvalue weighted by Gasteiger charge is -2.15. The zero-order valence-corrected chi connectivity index (χ0v) is 14.2. The summed E-state index contributed by atoms with van der Waals surface area (Å²) in [6.07, 6.45) is 4.07. The molecule has 3 amide bonds. The van der Waals surface area contributed by atoms with Crippen LogP contribution in [0.5, 0.6) is 0 Å². The minimum atomic E-state index is -0.107. The maximum Gasteiger partial charge on any atom is 0.321 e. The van der Waals surface area contributed by atoms with Gasteiger partial charge < -0.3 is 10.6 Å². The molecule has 128 valence electrons. The Morgan fingerprint density at radius 2 is 2.04 bits per heavy atom. The standard InChI is InChI=1S/C20H21N3O2/c1-15-8-10-16(11-9-15)4-2-7-19(24)22-17-5-3-6-18(14-17)23-13-12-21-20(23)25/h2-6,8-11,14H,7,12-13H2,1H3,(H,21,25)(H,22,24). The van der Waals surface area contributed by atoms with Gasteiger partial charge in [-0.3, -0.25) is 9.69 Å². The summed E-state index contributed by atoms with van der Waals surface area (Å²) in [6, 6.07) is 15.3. The first kappa shape index (κ1) is 16.8. The number of urea groups is 1. The fourth-order valence-electron chi connectivity index (χ4n) is 2.66. The number of anilines is 2. The Morgan fingerprint density at radius 1 is 1.24 bits per heavy atom. The van der Waals surface area contributed by atoms with E-state index in [4.69, 9.17) is 0 Å². The molecule has 2 N–H and O–H groups in total. The Kier molecular flexibility index (Phi) is 5.14. The number of hydrogen-bond acceptors (Lipinski definition) is 2. The number of nitrogens with zero attached hydrogens (tertiary/aromatic N) is 1. The lowest BCUT2D eigenvalue weighted by Crippen LogP contribution is -2.27. The van der Waals surface area contributed by atoms with E-state index in [0.29, 0.717) is 25.2 Å². The lowest BCUT2D eigenvalue weighted by atomic mass is 10.1. The molecule has 1 heterocycles. The highest BCUT2D eigenvalue weighted by molar-refractivity contribution is 5.96. The molecule has 3 rings (SSSR count). The highest BCUT2D eigenvalue weighted by Gasteiger charge is 2.21. The van der Waals surface area contributed by atoms with Crippen LogP contribution in [-0.4, -0.2) is 25.0 Å². The third-order valence-corrected chi connectivity index (χ3v) is 3.99. The van der Waals surface area contributed by atoms with Gasteiger partial charge in [0.1, 0.15) is 0 Å². The van der Waals surface area contributed by atoms with Crippen molar-refractivity contribution >= 4 is 29.4 Å². The van der Waals surface area contributed by atoms with E-state index in [2.05, 4.69) is 10.6 Å². The van der Waals surface area contributed by atoms with Crippen LogP contribution in [0.25, 0.3) is 6.08 Å². The van der Waals surface area contributed by atoms with Crippen molar-refractivity contribution in [3.63, 3.8) is 0 Å². The highest BCUT2D eigenvalue weighted by Crippen LogP contribution is 2.21. The highest BCUT2D eigenvalue weighted by atomic mass is 16.2. The van der Waals surface area contributed by atoms with Gasteiger partial charge in [-0.15, -0.1) is 0 Å². The van der Waals surface area contributed by atoms with E-state index in [1.54, 1.807) is 4.90 Å². The Bertz CT molecular complexity index is 797. The lowest BCUT2D eigenvalue weighted by molar-refractivity contribution is -0.115. The number of nitrogens with one attached hydrogen (secondary N) is 2. The van der Waals surface area contributed by atoms with E-state index in [1.165, 1.54) is 5.56 Å². The summed E-state index contributed by atoms with van der Waals surface area (Å²) in [4.78, 5) is 25.5. The molecule has 0 saturated carbocycles. The maximum atomic E-state index is 12.1. The molecular weight excluding hydrogens is 314 g/mol. The first-order valence-corrected chi connectivity index (χ1v) is 8.30. The molecule has 0 unspecified atom stereocenters. The Hall–Kier alpha value is -3.08. The molecular formula is C20H21N3O2. The van der Waals surface area contributed by atoms with Crippen LogP contribution in [0, 0.1) is 6.92 Å². The van der Waals surface area contributed by atoms with Crippen LogP contribution in [0.3, 0.4) is 0 Å². The number of carbonyl (C=O) groups is 2. The van der Waals surface area contributed by atoms with Gasteiger partial charge in [0, 0.05) is 30.9 Å². The molecule has 0 atom stereocenters. The minimum absolute atomic E-state index is 0.0913. The summed E-state index contributed by atoms with van der Waals surface area (Å²) >= 11 is 0. The number of amides is 3. The van der Waals surface area contributed by atoms with E-state index in [0.717, 1.165) is 11.3 Å². The fourth-order valence-corrected chi connectivity index (χ4v) is 2.66. The van der Waals surface area contributed by atoms with Crippen molar-refractivity contribution in [3.8, 4) is 0 Å². The van der Waals surface area contributed by atoms with Gasteiger partial charge >= 0.3 is 6.03 Å². The molecule has 5 nitrogen and oxygen atoms in total. The second-order valence-electron chi connectivity index (χ2n) is 6.00. The number of carbonyl (C=O) groups excluding carboxylic acids is 2. The van der Waals surface area contributed by atoms with Crippen LogP contribution >= 0.6 is 0 Å². The maximum absolute atomic E-state index is 12.1. The van der Waals surface area contributed by atoms with Gasteiger partial charge in [0.05, 0.1) is 0 Å². The monoisotopic (exact) mass is 335 g/mol. The second kappa shape index (κ2) is 7.66. The number of rotatable bonds is 5. The fraction of sp³-hybridized carbons (Fsp3) is 0.200. The van der Waals surface area contributed by atoms with E-state index in [1.807, 2.05) is 67.6 Å². The summed E-state index contributed by atoms with van der Waals surface area (Å²) < 4.78 is 0. The summed E-state index contributed by atoms with van der Waals surface area (Å²) in [6.45, 7) is 3.32. The van der Waals surface area contributed by atoms with Gasteiger partial charge in [-0.2, -0.15) is 0 Å². The Labute approximate surface area is 147 Å². The molecule has 1 fully saturated rings. The van der Waals surface area contributed by atoms with Gasteiger partial charge in [-0.1, -0.05) is 48.0 Å². The van der Waals surface area contributed by atoms with Crippen LogP contribution < -0.4 is 15.5 Å². The van der Waals surface area contributed by atoms with Crippen molar-refractivity contribution in [2.75, 3.05) is 23.3 Å². The average molecular weight is 335 g/mol. The summed E-state index contributed by atoms with van der Waals surface area (Å²) in [5.74, 6) is -0.0913. The quantitative estimate of drug-likeness (QED) is 0.877. The molecule has 25 heavy (non-hydrogen) atoms. The van der Waals surface area contributed by atoms with Gasteiger partial charge in [0.15, 0.2) is 0 Å². The number of hydrogen-bond donors (Lipinski definition) is 2. The van der Waals surface area contributed by atoms with Gasteiger partial charge in [0.2, 0.25) is 5.91 Å². The van der Waals surface area contributed by atoms with Crippen molar-refractivity contribution < 1.29 is 9.59 Å². The van der Waals surface area contributed by atoms with Crippen molar-refractivity contribution in [3.05, 3.63) is 65.7 Å². The first-order valence-electron chi connectivity index (χ1n) is 8.30. The smallest absolute Gasteiger partial charge is 0.321 e. The van der Waals surface area contributed by atoms with E-state index < -0.39 is 0 Å². The van der Waals surface area contributed by atoms with Crippen molar-refractivity contribution in [1.82, 2.24) is 5.32 Å². The predicted molar refractivity (Wildman–Crippen MR) is 101 cm³/mol. The third kappa shape index (κ3) is 4.47. The van der Waals surface area contributed by atoms with Crippen LogP contribution in [0.2, 0.25) is 0 Å². The van der Waals surface area contributed by atoms with Gasteiger partial charge in [-0.25, -0.2) is 4.79 Å². The molecule has 1 aliphatic rings. The molecule has 0 spiro atoms. The second-order valence-corrected chi connectivity index (χ2v) is 6.00. The average Bonchev–Trinajstić information content (AvgIpc) is 3.03. The SMILES string of the molecule is Cc1ccc(C=CCC(=O)Nc2cccc(N3CCNC3=O)c2)cc1. The third-order valence-electron chi connectivity index (χ3n) is 3.99. The van der Waals surface area contributed by atoms with Gasteiger partial charge in [-0.05, 0) is 30.7 Å². The van der Waals surface area contributed by atoms with Crippen molar-refractivity contribution in [2.24, 2.45) is 0 Å². The van der Waals surface area contributed by atoms with E-state index in [-0.39, 0.29) is 11.9 Å². The van der Waals surface area contributed by atoms with Crippen LogP contribution in [-0.2, 0) is 4.79 Å². The first-order chi connectivity index (χ1) is 12.1. The molecule has 0 aromatic heterocycles. The predicted octanol–water partition coefficient (Wildman–Crippen LogP) is 3.57. The molecule has 0 radical (unpaired) electrons. The Morgan fingerprint density at radius 3 is 2.76 bits per heavy atom. The summed E-state index contributed by atoms with van der Waals surface area (Å²) in [5.41, 5.74) is 3.75.